The van der Waals surface area contributed by atoms with Crippen LogP contribution in [0.15, 0.2) is 34.2 Å². The molecule has 0 unspecified atom stereocenters. The maximum absolute atomic E-state index is 5.81. The molecule has 0 saturated heterocycles. The molecule has 1 rings (SSSR count). The van der Waals surface area contributed by atoms with Crippen LogP contribution in [-0.2, 0) is 0 Å². The fraction of sp³-hybridized carbons (Fsp3) is 0.364. The molecule has 0 aliphatic carbocycles. The van der Waals surface area contributed by atoms with Crippen molar-refractivity contribution in [2.24, 2.45) is 4.99 Å². The standard InChI is InChI=1S/C11H15ClN2S2/c1-13-11(14-2)16-8-7-15-10-5-3-9(12)4-6-10/h3-6H,7-8H2,1-2H3,(H,13,14). The van der Waals surface area contributed by atoms with Gasteiger partial charge in [0.1, 0.15) is 0 Å². The first-order valence-corrected chi connectivity index (χ1v) is 7.27. The lowest BCUT2D eigenvalue weighted by molar-refractivity contribution is 1.18. The monoisotopic (exact) mass is 274 g/mol. The summed E-state index contributed by atoms with van der Waals surface area (Å²) in [6, 6.07) is 7.93. The highest BCUT2D eigenvalue weighted by Gasteiger charge is 1.97. The van der Waals surface area contributed by atoms with Gasteiger partial charge in [-0.15, -0.1) is 11.8 Å². The van der Waals surface area contributed by atoms with Crippen molar-refractivity contribution >= 4 is 40.3 Å². The Morgan fingerprint density at radius 2 is 2.00 bits per heavy atom. The summed E-state index contributed by atoms with van der Waals surface area (Å²) in [5.41, 5.74) is 0. The molecule has 0 radical (unpaired) electrons. The van der Waals surface area contributed by atoms with Gasteiger partial charge in [0.2, 0.25) is 0 Å². The molecule has 0 aliphatic heterocycles. The van der Waals surface area contributed by atoms with Crippen LogP contribution in [0.25, 0.3) is 0 Å². The maximum Gasteiger partial charge on any atom is 0.156 e. The van der Waals surface area contributed by atoms with E-state index in [1.807, 2.05) is 43.1 Å². The van der Waals surface area contributed by atoms with Crippen LogP contribution in [0.4, 0.5) is 0 Å². The van der Waals surface area contributed by atoms with Gasteiger partial charge in [-0.25, -0.2) is 0 Å². The number of amidine groups is 1. The van der Waals surface area contributed by atoms with Crippen LogP contribution in [0, 0.1) is 0 Å². The van der Waals surface area contributed by atoms with E-state index in [-0.39, 0.29) is 0 Å². The highest BCUT2D eigenvalue weighted by Crippen LogP contribution is 2.21. The molecule has 0 heterocycles. The van der Waals surface area contributed by atoms with Crippen molar-refractivity contribution in [2.45, 2.75) is 4.90 Å². The Morgan fingerprint density at radius 3 is 2.56 bits per heavy atom. The van der Waals surface area contributed by atoms with Gasteiger partial charge in [0.15, 0.2) is 5.17 Å². The summed E-state index contributed by atoms with van der Waals surface area (Å²) in [4.78, 5) is 5.36. The number of rotatable bonds is 4. The van der Waals surface area contributed by atoms with Crippen LogP contribution in [0.1, 0.15) is 0 Å². The number of halogens is 1. The molecule has 0 atom stereocenters. The molecular weight excluding hydrogens is 260 g/mol. The molecule has 1 aromatic rings. The van der Waals surface area contributed by atoms with Crippen molar-refractivity contribution in [3.8, 4) is 0 Å². The first-order valence-electron chi connectivity index (χ1n) is 4.92. The smallest absolute Gasteiger partial charge is 0.156 e. The van der Waals surface area contributed by atoms with Crippen molar-refractivity contribution in [3.05, 3.63) is 29.3 Å². The third-order valence-corrected chi connectivity index (χ3v) is 4.41. The minimum Gasteiger partial charge on any atom is -0.368 e. The van der Waals surface area contributed by atoms with E-state index >= 15 is 0 Å². The van der Waals surface area contributed by atoms with Crippen molar-refractivity contribution in [2.75, 3.05) is 25.6 Å². The highest BCUT2D eigenvalue weighted by atomic mass is 35.5. The van der Waals surface area contributed by atoms with Gasteiger partial charge in [0.05, 0.1) is 0 Å². The highest BCUT2D eigenvalue weighted by molar-refractivity contribution is 8.14. The van der Waals surface area contributed by atoms with Gasteiger partial charge in [-0.2, -0.15) is 0 Å². The summed E-state index contributed by atoms with van der Waals surface area (Å²) >= 11 is 9.38. The third-order valence-electron chi connectivity index (χ3n) is 1.82. The van der Waals surface area contributed by atoms with Crippen molar-refractivity contribution < 1.29 is 0 Å². The van der Waals surface area contributed by atoms with Crippen LogP contribution < -0.4 is 5.32 Å². The maximum atomic E-state index is 5.81. The van der Waals surface area contributed by atoms with E-state index in [1.54, 1.807) is 18.8 Å². The summed E-state index contributed by atoms with van der Waals surface area (Å²) in [6.45, 7) is 0. The minimum absolute atomic E-state index is 0.786. The van der Waals surface area contributed by atoms with Gasteiger partial charge < -0.3 is 5.32 Å². The zero-order valence-electron chi connectivity index (χ0n) is 9.37. The lowest BCUT2D eigenvalue weighted by Crippen LogP contribution is -2.14. The molecule has 1 N–H and O–H groups in total. The van der Waals surface area contributed by atoms with E-state index in [9.17, 15) is 0 Å². The van der Waals surface area contributed by atoms with E-state index in [2.05, 4.69) is 10.3 Å². The SMILES string of the molecule is CN=C(NC)SCCSc1ccc(Cl)cc1. The fourth-order valence-electron chi connectivity index (χ4n) is 1.08. The second kappa shape index (κ2) is 7.87. The Labute approximate surface area is 110 Å². The average Bonchev–Trinajstić information content (AvgIpc) is 2.32. The van der Waals surface area contributed by atoms with Crippen LogP contribution in [0.2, 0.25) is 5.02 Å². The number of benzene rings is 1. The van der Waals surface area contributed by atoms with Crippen LogP contribution >= 0.6 is 35.1 Å². The topological polar surface area (TPSA) is 24.4 Å². The third kappa shape index (κ3) is 5.14. The van der Waals surface area contributed by atoms with E-state index in [1.165, 1.54) is 4.90 Å². The largest absolute Gasteiger partial charge is 0.368 e. The van der Waals surface area contributed by atoms with Crippen LogP contribution in [0.5, 0.6) is 0 Å². The normalized spacial score (nSPS) is 11.6. The number of thioether (sulfide) groups is 2. The van der Waals surface area contributed by atoms with Crippen LogP contribution in [0.3, 0.4) is 0 Å². The van der Waals surface area contributed by atoms with E-state index in [0.717, 1.165) is 21.7 Å². The van der Waals surface area contributed by atoms with Gasteiger partial charge in [0, 0.05) is 35.5 Å². The second-order valence-corrected chi connectivity index (χ2v) is 5.62. The Balaban J connectivity index is 2.23. The van der Waals surface area contributed by atoms with Crippen molar-refractivity contribution in [1.82, 2.24) is 5.32 Å². The molecule has 0 fully saturated rings. The molecule has 1 aromatic carbocycles. The van der Waals surface area contributed by atoms with Gasteiger partial charge in [-0.3, -0.25) is 4.99 Å². The van der Waals surface area contributed by atoms with Crippen LogP contribution in [-0.4, -0.2) is 30.8 Å². The molecule has 0 amide bonds. The molecule has 88 valence electrons. The predicted octanol–water partition coefficient (Wildman–Crippen LogP) is 3.37. The first-order chi connectivity index (χ1) is 7.76. The number of aliphatic imine (C=N–C) groups is 1. The zero-order valence-corrected chi connectivity index (χ0v) is 11.8. The van der Waals surface area contributed by atoms with Crippen molar-refractivity contribution in [1.29, 1.82) is 0 Å². The zero-order chi connectivity index (χ0) is 11.8. The van der Waals surface area contributed by atoms with Gasteiger partial charge in [0.25, 0.3) is 0 Å². The molecule has 0 aromatic heterocycles. The molecule has 2 nitrogen and oxygen atoms in total. The first kappa shape index (κ1) is 13.7. The average molecular weight is 275 g/mol. The fourth-order valence-corrected chi connectivity index (χ4v) is 2.90. The lowest BCUT2D eigenvalue weighted by atomic mass is 10.4. The van der Waals surface area contributed by atoms with Gasteiger partial charge in [-0.05, 0) is 24.3 Å². The Hall–Kier alpha value is -0.320. The number of hydrogen-bond donors (Lipinski definition) is 1. The molecule has 0 spiro atoms. The number of nitrogens with one attached hydrogen (secondary N) is 1. The Morgan fingerprint density at radius 1 is 1.31 bits per heavy atom. The molecule has 16 heavy (non-hydrogen) atoms. The molecular formula is C11H15ClN2S2. The van der Waals surface area contributed by atoms with E-state index in [4.69, 9.17) is 11.6 Å². The minimum atomic E-state index is 0.786. The van der Waals surface area contributed by atoms with Gasteiger partial charge >= 0.3 is 0 Å². The quantitative estimate of drug-likeness (QED) is 0.394. The van der Waals surface area contributed by atoms with E-state index < -0.39 is 0 Å². The van der Waals surface area contributed by atoms with Crippen molar-refractivity contribution in [3.63, 3.8) is 0 Å². The summed E-state index contributed by atoms with van der Waals surface area (Å²) in [5.74, 6) is 2.10. The summed E-state index contributed by atoms with van der Waals surface area (Å²) in [7, 11) is 3.69. The predicted molar refractivity (Wildman–Crippen MR) is 77.1 cm³/mol. The second-order valence-electron chi connectivity index (χ2n) is 2.93. The number of hydrogen-bond acceptors (Lipinski definition) is 3. The van der Waals surface area contributed by atoms with E-state index in [0.29, 0.717) is 0 Å². The molecule has 0 aliphatic rings. The Bertz CT molecular complexity index is 338. The molecule has 5 heteroatoms. The Kier molecular flexibility index (Phi) is 6.76. The lowest BCUT2D eigenvalue weighted by Gasteiger charge is -2.04. The van der Waals surface area contributed by atoms with Gasteiger partial charge in [-0.1, -0.05) is 23.4 Å². The molecule has 0 bridgehead atoms. The summed E-state index contributed by atoms with van der Waals surface area (Å²) in [5, 5.41) is 4.81. The number of nitrogens with zero attached hydrogens (tertiary/aromatic N) is 1. The molecule has 0 saturated carbocycles. The summed E-state index contributed by atoms with van der Waals surface area (Å²) in [6.07, 6.45) is 0. The summed E-state index contributed by atoms with van der Waals surface area (Å²) < 4.78 is 0.